The molecule has 1 unspecified atom stereocenters. The molecule has 5 nitrogen and oxygen atoms in total. The minimum atomic E-state index is -0.0741. The van der Waals surface area contributed by atoms with Crippen LogP contribution in [0.1, 0.15) is 6.92 Å². The Hall–Kier alpha value is -1.49. The molecule has 5 heteroatoms. The van der Waals surface area contributed by atoms with E-state index in [0.29, 0.717) is 12.4 Å². The van der Waals surface area contributed by atoms with Gasteiger partial charge >= 0.3 is 0 Å². The summed E-state index contributed by atoms with van der Waals surface area (Å²) in [4.78, 5) is 19.1. The molecule has 1 aromatic rings. The van der Waals surface area contributed by atoms with Gasteiger partial charge in [0.25, 0.3) is 0 Å². The van der Waals surface area contributed by atoms with E-state index >= 15 is 0 Å². The lowest BCUT2D eigenvalue weighted by Crippen LogP contribution is -2.28. The van der Waals surface area contributed by atoms with E-state index in [9.17, 15) is 4.79 Å². The van der Waals surface area contributed by atoms with E-state index in [0.717, 1.165) is 0 Å². The summed E-state index contributed by atoms with van der Waals surface area (Å²) >= 11 is 0. The average molecular weight is 194 g/mol. The Morgan fingerprint density at radius 2 is 2.43 bits per heavy atom. The molecule has 1 aromatic heterocycles. The van der Waals surface area contributed by atoms with Crippen LogP contribution in [0.4, 0.5) is 5.82 Å². The molecular weight excluding hydrogens is 180 g/mol. The highest BCUT2D eigenvalue weighted by molar-refractivity contribution is 5.91. The summed E-state index contributed by atoms with van der Waals surface area (Å²) < 4.78 is 0. The van der Waals surface area contributed by atoms with Gasteiger partial charge in [0, 0.05) is 18.7 Å². The predicted molar refractivity (Wildman–Crippen MR) is 53.8 cm³/mol. The van der Waals surface area contributed by atoms with Gasteiger partial charge < -0.3 is 10.6 Å². The van der Waals surface area contributed by atoms with Gasteiger partial charge in [-0.05, 0) is 13.1 Å². The predicted octanol–water partition coefficient (Wildman–Crippen LogP) is 0.271. The molecule has 0 fully saturated rings. The fraction of sp³-hybridized carbons (Fsp3) is 0.444. The van der Waals surface area contributed by atoms with Crippen molar-refractivity contribution in [2.75, 3.05) is 18.9 Å². The monoisotopic (exact) mass is 194 g/mol. The second kappa shape index (κ2) is 5.29. The van der Waals surface area contributed by atoms with Gasteiger partial charge in [-0.3, -0.25) is 4.79 Å². The number of nitrogens with one attached hydrogen (secondary N) is 2. The molecule has 0 aliphatic rings. The van der Waals surface area contributed by atoms with Crippen molar-refractivity contribution in [3.63, 3.8) is 0 Å². The van der Waals surface area contributed by atoms with Gasteiger partial charge in [-0.2, -0.15) is 0 Å². The van der Waals surface area contributed by atoms with Crippen LogP contribution in [0.2, 0.25) is 0 Å². The minimum absolute atomic E-state index is 0.0435. The van der Waals surface area contributed by atoms with Crippen LogP contribution in [0.3, 0.4) is 0 Å². The largest absolute Gasteiger partial charge is 0.319 e. The molecule has 1 heterocycles. The zero-order chi connectivity index (χ0) is 10.4. The zero-order valence-electron chi connectivity index (χ0n) is 8.32. The molecule has 2 N–H and O–H groups in total. The number of carbonyl (C=O) groups excluding carboxylic acids is 1. The molecule has 0 saturated heterocycles. The first-order valence-corrected chi connectivity index (χ1v) is 4.45. The lowest BCUT2D eigenvalue weighted by Gasteiger charge is -2.10. The van der Waals surface area contributed by atoms with Crippen LogP contribution >= 0.6 is 0 Å². The maximum Gasteiger partial charge on any atom is 0.229 e. The minimum Gasteiger partial charge on any atom is -0.319 e. The molecule has 0 saturated carbocycles. The zero-order valence-corrected chi connectivity index (χ0v) is 8.32. The first-order valence-electron chi connectivity index (χ1n) is 4.45. The molecule has 0 aliphatic carbocycles. The maximum absolute atomic E-state index is 11.5. The van der Waals surface area contributed by atoms with Crippen LogP contribution in [0.25, 0.3) is 0 Å². The number of aromatic nitrogens is 2. The number of nitrogens with zero attached hydrogens (tertiary/aromatic N) is 2. The van der Waals surface area contributed by atoms with Crippen LogP contribution in [-0.2, 0) is 4.79 Å². The Balaban J connectivity index is 2.49. The van der Waals surface area contributed by atoms with Crippen molar-refractivity contribution >= 4 is 11.7 Å². The molecule has 0 aromatic carbocycles. The van der Waals surface area contributed by atoms with Gasteiger partial charge in [0.2, 0.25) is 5.91 Å². The van der Waals surface area contributed by atoms with Crippen LogP contribution in [0.5, 0.6) is 0 Å². The van der Waals surface area contributed by atoms with Crippen molar-refractivity contribution < 1.29 is 4.79 Å². The van der Waals surface area contributed by atoms with Crippen molar-refractivity contribution in [3.8, 4) is 0 Å². The maximum atomic E-state index is 11.5. The highest BCUT2D eigenvalue weighted by atomic mass is 16.1. The van der Waals surface area contributed by atoms with Gasteiger partial charge in [-0.25, -0.2) is 9.97 Å². The van der Waals surface area contributed by atoms with Crippen LogP contribution in [-0.4, -0.2) is 29.5 Å². The number of amides is 1. The Labute approximate surface area is 83.0 Å². The van der Waals surface area contributed by atoms with Crippen molar-refractivity contribution in [2.24, 2.45) is 5.92 Å². The summed E-state index contributed by atoms with van der Waals surface area (Å²) in [5.74, 6) is 0.418. The fourth-order valence-electron chi connectivity index (χ4n) is 1.01. The van der Waals surface area contributed by atoms with Crippen molar-refractivity contribution in [1.82, 2.24) is 15.3 Å². The Morgan fingerprint density at radius 3 is 3.00 bits per heavy atom. The summed E-state index contributed by atoms with van der Waals surface area (Å²) in [6.45, 7) is 2.50. The van der Waals surface area contributed by atoms with E-state index in [1.807, 2.05) is 14.0 Å². The third kappa shape index (κ3) is 3.10. The molecule has 14 heavy (non-hydrogen) atoms. The number of rotatable bonds is 4. The Bertz CT molecular complexity index is 288. The van der Waals surface area contributed by atoms with E-state index < -0.39 is 0 Å². The average Bonchev–Trinajstić information content (AvgIpc) is 2.19. The first kappa shape index (κ1) is 10.6. The van der Waals surface area contributed by atoms with Crippen molar-refractivity contribution in [2.45, 2.75) is 6.92 Å². The molecule has 0 spiro atoms. The topological polar surface area (TPSA) is 66.9 Å². The summed E-state index contributed by atoms with van der Waals surface area (Å²) in [5.41, 5.74) is 0. The first-order chi connectivity index (χ1) is 6.74. The highest BCUT2D eigenvalue weighted by Crippen LogP contribution is 2.02. The van der Waals surface area contributed by atoms with Crippen LogP contribution in [0.15, 0.2) is 18.6 Å². The number of hydrogen-bond donors (Lipinski definition) is 2. The lowest BCUT2D eigenvalue weighted by atomic mass is 10.1. The fourth-order valence-corrected chi connectivity index (χ4v) is 1.01. The van der Waals surface area contributed by atoms with Crippen molar-refractivity contribution in [1.29, 1.82) is 0 Å². The van der Waals surface area contributed by atoms with E-state index in [1.54, 1.807) is 12.3 Å². The van der Waals surface area contributed by atoms with E-state index in [-0.39, 0.29) is 11.8 Å². The molecule has 1 atom stereocenters. The molecule has 0 radical (unpaired) electrons. The Kier molecular flexibility index (Phi) is 4.00. The summed E-state index contributed by atoms with van der Waals surface area (Å²) in [5, 5.41) is 5.64. The summed E-state index contributed by atoms with van der Waals surface area (Å²) in [6.07, 6.45) is 2.99. The summed E-state index contributed by atoms with van der Waals surface area (Å²) in [7, 11) is 1.81. The smallest absolute Gasteiger partial charge is 0.229 e. The lowest BCUT2D eigenvalue weighted by molar-refractivity contribution is -0.119. The SMILES string of the molecule is CNCC(C)C(=O)Nc1ccncn1. The molecule has 0 aliphatic heterocycles. The number of carbonyl (C=O) groups is 1. The summed E-state index contributed by atoms with van der Waals surface area (Å²) in [6, 6.07) is 1.66. The number of hydrogen-bond acceptors (Lipinski definition) is 4. The van der Waals surface area contributed by atoms with Crippen LogP contribution < -0.4 is 10.6 Å². The van der Waals surface area contributed by atoms with Gasteiger partial charge in [0.15, 0.2) is 0 Å². The van der Waals surface area contributed by atoms with Gasteiger partial charge in [0.05, 0.1) is 0 Å². The van der Waals surface area contributed by atoms with E-state index in [1.165, 1.54) is 6.33 Å². The molecule has 1 amide bonds. The third-order valence-corrected chi connectivity index (χ3v) is 1.79. The molecule has 1 rings (SSSR count). The normalized spacial score (nSPS) is 12.1. The second-order valence-corrected chi connectivity index (χ2v) is 3.04. The Morgan fingerprint density at radius 1 is 1.64 bits per heavy atom. The number of anilines is 1. The van der Waals surface area contributed by atoms with Gasteiger partial charge in [0.1, 0.15) is 12.1 Å². The third-order valence-electron chi connectivity index (χ3n) is 1.79. The molecule has 0 bridgehead atoms. The van der Waals surface area contributed by atoms with Crippen LogP contribution in [0, 0.1) is 5.92 Å². The van der Waals surface area contributed by atoms with Gasteiger partial charge in [-0.1, -0.05) is 6.92 Å². The second-order valence-electron chi connectivity index (χ2n) is 3.04. The highest BCUT2D eigenvalue weighted by Gasteiger charge is 2.11. The molecule has 76 valence electrons. The van der Waals surface area contributed by atoms with E-state index in [2.05, 4.69) is 20.6 Å². The van der Waals surface area contributed by atoms with E-state index in [4.69, 9.17) is 0 Å². The van der Waals surface area contributed by atoms with Crippen molar-refractivity contribution in [3.05, 3.63) is 18.6 Å². The standard InChI is InChI=1S/C9H14N4O/c1-7(5-10-2)9(14)13-8-3-4-11-6-12-8/h3-4,6-7,10H,5H2,1-2H3,(H,11,12,13,14). The van der Waals surface area contributed by atoms with Gasteiger partial charge in [-0.15, -0.1) is 0 Å². The quantitative estimate of drug-likeness (QED) is 0.722. The molecular formula is C9H14N4O.